The number of benzene rings is 1. The zero-order chi connectivity index (χ0) is 16.6. The molecule has 2 heterocycles. The largest absolute Gasteiger partial charge is 0.357 e. The molecule has 3 rings (SSSR count). The van der Waals surface area contributed by atoms with E-state index in [1.54, 1.807) is 19.2 Å². The smallest absolute Gasteiger partial charge is 0.238 e. The third kappa shape index (κ3) is 3.27. The molecule has 7 nitrogen and oxygen atoms in total. The number of nitrogens with zero attached hydrogens (tertiary/aromatic N) is 3. The molecule has 0 saturated carbocycles. The molecular formula is C15H19N5O2S. The Morgan fingerprint density at radius 1 is 1.22 bits per heavy atom. The zero-order valence-corrected chi connectivity index (χ0v) is 13.9. The number of primary sulfonamides is 1. The van der Waals surface area contributed by atoms with Gasteiger partial charge in [0, 0.05) is 31.9 Å². The van der Waals surface area contributed by atoms with E-state index in [-0.39, 0.29) is 4.90 Å². The van der Waals surface area contributed by atoms with Crippen LogP contribution in [-0.4, -0.2) is 32.0 Å². The fraction of sp³-hybridized carbons (Fsp3) is 0.333. The van der Waals surface area contributed by atoms with E-state index < -0.39 is 10.0 Å². The first-order chi connectivity index (χ1) is 10.9. The molecular weight excluding hydrogens is 314 g/mol. The van der Waals surface area contributed by atoms with Crippen LogP contribution in [0, 0.1) is 6.92 Å². The Balaban J connectivity index is 1.94. The normalized spacial score (nSPS) is 14.5. The second kappa shape index (κ2) is 5.78. The molecule has 0 atom stereocenters. The van der Waals surface area contributed by atoms with Crippen molar-refractivity contribution in [2.24, 2.45) is 5.14 Å². The minimum atomic E-state index is -3.69. The van der Waals surface area contributed by atoms with Crippen LogP contribution in [0.5, 0.6) is 0 Å². The lowest BCUT2D eigenvalue weighted by molar-refractivity contribution is 0.597. The Labute approximate surface area is 135 Å². The summed E-state index contributed by atoms with van der Waals surface area (Å²) in [5, 5.41) is 8.17. The minimum absolute atomic E-state index is 0.146. The maximum absolute atomic E-state index is 11.5. The molecule has 0 aliphatic carbocycles. The van der Waals surface area contributed by atoms with Crippen LogP contribution < -0.4 is 15.4 Å². The summed E-state index contributed by atoms with van der Waals surface area (Å²) in [4.78, 5) is 11.0. The third-order valence-corrected chi connectivity index (χ3v) is 4.82. The number of hydrogen-bond donors (Lipinski definition) is 2. The van der Waals surface area contributed by atoms with E-state index in [1.165, 1.54) is 0 Å². The van der Waals surface area contributed by atoms with Gasteiger partial charge >= 0.3 is 0 Å². The molecule has 23 heavy (non-hydrogen) atoms. The topological polar surface area (TPSA) is 101 Å². The fourth-order valence-corrected chi connectivity index (χ4v) is 3.30. The van der Waals surface area contributed by atoms with Gasteiger partial charge in [0.15, 0.2) is 0 Å². The number of sulfonamides is 1. The Bertz CT molecular complexity index is 851. The van der Waals surface area contributed by atoms with Crippen molar-refractivity contribution in [1.29, 1.82) is 0 Å². The molecule has 8 heteroatoms. The van der Waals surface area contributed by atoms with Gasteiger partial charge in [-0.3, -0.25) is 0 Å². The standard InChI is InChI=1S/C15H19N5O2S/c1-10-7-14(19-15(17-2)18-10)20-6-5-11-3-4-13(23(16,21)22)8-12(11)9-20/h3-4,7-8H,5-6,9H2,1-2H3,(H2,16,21,22)(H,17,18,19). The average molecular weight is 333 g/mol. The number of nitrogens with two attached hydrogens (primary N) is 1. The van der Waals surface area contributed by atoms with Crippen molar-refractivity contribution in [1.82, 2.24) is 9.97 Å². The second-order valence-electron chi connectivity index (χ2n) is 5.59. The highest BCUT2D eigenvalue weighted by atomic mass is 32.2. The number of aryl methyl sites for hydroxylation is 1. The lowest BCUT2D eigenvalue weighted by Gasteiger charge is -2.30. The number of hydrogen-bond acceptors (Lipinski definition) is 6. The van der Waals surface area contributed by atoms with Gasteiger partial charge < -0.3 is 10.2 Å². The van der Waals surface area contributed by atoms with Crippen LogP contribution in [0.1, 0.15) is 16.8 Å². The molecule has 0 unspecified atom stereocenters. The van der Waals surface area contributed by atoms with Gasteiger partial charge in [0.1, 0.15) is 5.82 Å². The summed E-state index contributed by atoms with van der Waals surface area (Å²) in [5.41, 5.74) is 2.99. The Morgan fingerprint density at radius 2 is 2.00 bits per heavy atom. The molecule has 1 aliphatic rings. The van der Waals surface area contributed by atoms with E-state index in [0.717, 1.165) is 35.6 Å². The minimum Gasteiger partial charge on any atom is -0.357 e. The highest BCUT2D eigenvalue weighted by Crippen LogP contribution is 2.26. The van der Waals surface area contributed by atoms with Crippen LogP contribution in [-0.2, 0) is 23.0 Å². The number of anilines is 2. The van der Waals surface area contributed by atoms with Crippen LogP contribution >= 0.6 is 0 Å². The van der Waals surface area contributed by atoms with E-state index >= 15 is 0 Å². The quantitative estimate of drug-likeness (QED) is 0.870. The maximum Gasteiger partial charge on any atom is 0.238 e. The molecule has 0 spiro atoms. The van der Waals surface area contributed by atoms with Crippen LogP contribution in [0.3, 0.4) is 0 Å². The highest BCUT2D eigenvalue weighted by Gasteiger charge is 2.20. The van der Waals surface area contributed by atoms with Gasteiger partial charge in [-0.2, -0.15) is 4.98 Å². The second-order valence-corrected chi connectivity index (χ2v) is 7.15. The monoisotopic (exact) mass is 333 g/mol. The summed E-state index contributed by atoms with van der Waals surface area (Å²) in [6.45, 7) is 3.34. The van der Waals surface area contributed by atoms with E-state index in [1.807, 2.05) is 19.1 Å². The fourth-order valence-electron chi connectivity index (χ4n) is 2.73. The molecule has 1 aromatic heterocycles. The van der Waals surface area contributed by atoms with E-state index in [2.05, 4.69) is 20.2 Å². The molecule has 122 valence electrons. The van der Waals surface area contributed by atoms with E-state index in [4.69, 9.17) is 5.14 Å². The maximum atomic E-state index is 11.5. The van der Waals surface area contributed by atoms with Crippen molar-refractivity contribution < 1.29 is 8.42 Å². The van der Waals surface area contributed by atoms with Crippen molar-refractivity contribution in [2.75, 3.05) is 23.8 Å². The number of aromatic nitrogens is 2. The third-order valence-electron chi connectivity index (χ3n) is 3.91. The molecule has 0 bridgehead atoms. The Kier molecular flexibility index (Phi) is 3.95. The van der Waals surface area contributed by atoms with Crippen LogP contribution in [0.15, 0.2) is 29.2 Å². The van der Waals surface area contributed by atoms with Crippen LogP contribution in [0.25, 0.3) is 0 Å². The Morgan fingerprint density at radius 3 is 2.70 bits per heavy atom. The summed E-state index contributed by atoms with van der Waals surface area (Å²) >= 11 is 0. The summed E-state index contributed by atoms with van der Waals surface area (Å²) < 4.78 is 23.1. The molecule has 0 saturated heterocycles. The van der Waals surface area contributed by atoms with Crippen molar-refractivity contribution in [2.45, 2.75) is 24.8 Å². The van der Waals surface area contributed by atoms with Gasteiger partial charge in [-0.15, -0.1) is 0 Å². The molecule has 0 radical (unpaired) electrons. The molecule has 1 aromatic carbocycles. The van der Waals surface area contributed by atoms with Crippen molar-refractivity contribution >= 4 is 21.8 Å². The average Bonchev–Trinajstić information content (AvgIpc) is 2.52. The Hall–Kier alpha value is -2.19. The van der Waals surface area contributed by atoms with Gasteiger partial charge in [0.2, 0.25) is 16.0 Å². The van der Waals surface area contributed by atoms with Crippen molar-refractivity contribution in [3.63, 3.8) is 0 Å². The van der Waals surface area contributed by atoms with Gasteiger partial charge in [-0.1, -0.05) is 6.07 Å². The lowest BCUT2D eigenvalue weighted by atomic mass is 10.00. The van der Waals surface area contributed by atoms with Crippen molar-refractivity contribution in [3.05, 3.63) is 41.1 Å². The molecule has 2 aromatic rings. The van der Waals surface area contributed by atoms with Gasteiger partial charge in [-0.25, -0.2) is 18.5 Å². The summed E-state index contributed by atoms with van der Waals surface area (Å²) in [6, 6.07) is 6.99. The summed E-state index contributed by atoms with van der Waals surface area (Å²) in [6.07, 6.45) is 0.832. The summed E-state index contributed by atoms with van der Waals surface area (Å²) in [5.74, 6) is 1.40. The van der Waals surface area contributed by atoms with Gasteiger partial charge in [0.05, 0.1) is 4.90 Å². The SMILES string of the molecule is CNc1nc(C)cc(N2CCc3ccc(S(N)(=O)=O)cc3C2)n1. The predicted octanol–water partition coefficient (Wildman–Crippen LogP) is 1.04. The first-order valence-corrected chi connectivity index (χ1v) is 8.84. The first-order valence-electron chi connectivity index (χ1n) is 7.30. The molecule has 0 amide bonds. The predicted molar refractivity (Wildman–Crippen MR) is 88.9 cm³/mol. The van der Waals surface area contributed by atoms with E-state index in [9.17, 15) is 8.42 Å². The van der Waals surface area contributed by atoms with Crippen molar-refractivity contribution in [3.8, 4) is 0 Å². The molecule has 3 N–H and O–H groups in total. The first kappa shape index (κ1) is 15.7. The lowest BCUT2D eigenvalue weighted by Crippen LogP contribution is -2.31. The number of nitrogens with one attached hydrogen (secondary N) is 1. The zero-order valence-electron chi connectivity index (χ0n) is 13.1. The van der Waals surface area contributed by atoms with Gasteiger partial charge in [-0.05, 0) is 36.6 Å². The molecule has 0 fully saturated rings. The number of rotatable bonds is 3. The van der Waals surface area contributed by atoms with Crippen LogP contribution in [0.2, 0.25) is 0 Å². The van der Waals surface area contributed by atoms with Gasteiger partial charge in [0.25, 0.3) is 0 Å². The number of fused-ring (bicyclic) bond motifs is 1. The van der Waals surface area contributed by atoms with Crippen LogP contribution in [0.4, 0.5) is 11.8 Å². The van der Waals surface area contributed by atoms with E-state index in [0.29, 0.717) is 12.5 Å². The molecule has 1 aliphatic heterocycles. The highest BCUT2D eigenvalue weighted by molar-refractivity contribution is 7.89. The summed E-state index contributed by atoms with van der Waals surface area (Å²) in [7, 11) is -1.91.